The Morgan fingerprint density at radius 1 is 1.20 bits per heavy atom. The van der Waals surface area contributed by atoms with E-state index < -0.39 is 0 Å². The fourth-order valence-electron chi connectivity index (χ4n) is 2.05. The number of aryl methyl sites for hydroxylation is 1. The van der Waals surface area contributed by atoms with Crippen molar-refractivity contribution in [1.82, 2.24) is 14.8 Å². The van der Waals surface area contributed by atoms with Crippen LogP contribution < -0.4 is 5.56 Å². The Morgan fingerprint density at radius 3 is 2.80 bits per heavy atom. The Morgan fingerprint density at radius 2 is 2.05 bits per heavy atom. The van der Waals surface area contributed by atoms with Gasteiger partial charge >= 0.3 is 0 Å². The molecule has 0 unspecified atom stereocenters. The summed E-state index contributed by atoms with van der Waals surface area (Å²) in [6.07, 6.45) is 3.01. The highest BCUT2D eigenvalue weighted by molar-refractivity contribution is 5.50. The van der Waals surface area contributed by atoms with Crippen molar-refractivity contribution in [3.05, 3.63) is 70.5 Å². The molecule has 0 fully saturated rings. The van der Waals surface area contributed by atoms with Gasteiger partial charge in [-0.25, -0.2) is 0 Å². The summed E-state index contributed by atoms with van der Waals surface area (Å²) < 4.78 is 6.79. The van der Waals surface area contributed by atoms with E-state index in [-0.39, 0.29) is 5.56 Å². The zero-order valence-corrected chi connectivity index (χ0v) is 11.0. The van der Waals surface area contributed by atoms with Gasteiger partial charge in [-0.1, -0.05) is 24.3 Å². The van der Waals surface area contributed by atoms with Crippen LogP contribution in [0.4, 0.5) is 0 Å². The molecule has 0 radical (unpaired) electrons. The Labute approximate surface area is 115 Å². The van der Waals surface area contributed by atoms with Crippen LogP contribution in [0.25, 0.3) is 11.5 Å². The van der Waals surface area contributed by atoms with Gasteiger partial charge in [0.15, 0.2) is 0 Å². The lowest BCUT2D eigenvalue weighted by molar-refractivity contribution is 0.567. The summed E-state index contributed by atoms with van der Waals surface area (Å²) >= 11 is 0. The lowest BCUT2D eigenvalue weighted by atomic mass is 10.1. The summed E-state index contributed by atoms with van der Waals surface area (Å²) in [6.45, 7) is 2.55. The van der Waals surface area contributed by atoms with Crippen molar-refractivity contribution in [2.24, 2.45) is 0 Å². The predicted octanol–water partition coefficient (Wildman–Crippen LogP) is 2.26. The van der Waals surface area contributed by atoms with E-state index >= 15 is 0 Å². The second kappa shape index (κ2) is 5.13. The quantitative estimate of drug-likeness (QED) is 0.730. The molecule has 0 spiro atoms. The SMILES string of the molecule is Cc1ccccc1Cn1cc(-c2nnco2)ccc1=O. The molecule has 0 saturated carbocycles. The average Bonchev–Trinajstić information content (AvgIpc) is 2.98. The van der Waals surface area contributed by atoms with Crippen LogP contribution in [0.15, 0.2) is 58.2 Å². The van der Waals surface area contributed by atoms with Gasteiger partial charge in [0.25, 0.3) is 5.56 Å². The van der Waals surface area contributed by atoms with Gasteiger partial charge in [0.2, 0.25) is 12.3 Å². The molecule has 1 aromatic carbocycles. The van der Waals surface area contributed by atoms with Crippen molar-refractivity contribution in [1.29, 1.82) is 0 Å². The van der Waals surface area contributed by atoms with E-state index in [0.29, 0.717) is 12.4 Å². The van der Waals surface area contributed by atoms with Crippen LogP contribution in [-0.4, -0.2) is 14.8 Å². The lowest BCUT2D eigenvalue weighted by Gasteiger charge is -2.09. The van der Waals surface area contributed by atoms with Gasteiger partial charge in [0.1, 0.15) is 0 Å². The second-order valence-corrected chi connectivity index (χ2v) is 4.55. The number of pyridine rings is 1. The van der Waals surface area contributed by atoms with E-state index in [1.165, 1.54) is 12.5 Å². The molecule has 0 bridgehead atoms. The van der Waals surface area contributed by atoms with E-state index in [9.17, 15) is 4.79 Å². The van der Waals surface area contributed by atoms with Gasteiger partial charge in [0.05, 0.1) is 12.1 Å². The van der Waals surface area contributed by atoms with E-state index in [0.717, 1.165) is 16.7 Å². The van der Waals surface area contributed by atoms with Crippen LogP contribution in [0, 0.1) is 6.92 Å². The van der Waals surface area contributed by atoms with E-state index in [4.69, 9.17) is 4.42 Å². The molecule has 0 saturated heterocycles. The molecule has 20 heavy (non-hydrogen) atoms. The van der Waals surface area contributed by atoms with E-state index in [1.807, 2.05) is 31.2 Å². The van der Waals surface area contributed by atoms with E-state index in [1.54, 1.807) is 16.8 Å². The normalized spacial score (nSPS) is 10.7. The van der Waals surface area contributed by atoms with Gasteiger partial charge in [-0.2, -0.15) is 0 Å². The van der Waals surface area contributed by atoms with Gasteiger partial charge in [-0.15, -0.1) is 10.2 Å². The second-order valence-electron chi connectivity index (χ2n) is 4.55. The minimum atomic E-state index is -0.0588. The summed E-state index contributed by atoms with van der Waals surface area (Å²) in [6, 6.07) is 11.2. The van der Waals surface area contributed by atoms with Crippen LogP contribution in [0.1, 0.15) is 11.1 Å². The number of benzene rings is 1. The summed E-state index contributed by atoms with van der Waals surface area (Å²) in [7, 11) is 0. The van der Waals surface area contributed by atoms with Crippen LogP contribution in [0.5, 0.6) is 0 Å². The van der Waals surface area contributed by atoms with Crippen LogP contribution >= 0.6 is 0 Å². The Balaban J connectivity index is 2.00. The molecule has 5 heteroatoms. The van der Waals surface area contributed by atoms with Crippen molar-refractivity contribution in [2.45, 2.75) is 13.5 Å². The summed E-state index contributed by atoms with van der Waals surface area (Å²) in [4.78, 5) is 12.0. The highest BCUT2D eigenvalue weighted by atomic mass is 16.4. The molecule has 2 heterocycles. The first-order chi connectivity index (χ1) is 9.74. The maximum atomic E-state index is 12.0. The Kier molecular flexibility index (Phi) is 3.16. The molecule has 2 aromatic heterocycles. The van der Waals surface area contributed by atoms with Crippen LogP contribution in [0.2, 0.25) is 0 Å². The minimum absolute atomic E-state index is 0.0588. The first-order valence-electron chi connectivity index (χ1n) is 6.25. The molecule has 0 aliphatic carbocycles. The van der Waals surface area contributed by atoms with Crippen molar-refractivity contribution in [3.8, 4) is 11.5 Å². The molecule has 0 atom stereocenters. The molecule has 0 N–H and O–H groups in total. The first-order valence-corrected chi connectivity index (χ1v) is 6.25. The third-order valence-corrected chi connectivity index (χ3v) is 3.19. The van der Waals surface area contributed by atoms with Crippen molar-refractivity contribution in [3.63, 3.8) is 0 Å². The zero-order valence-electron chi connectivity index (χ0n) is 11.0. The fourth-order valence-corrected chi connectivity index (χ4v) is 2.05. The predicted molar refractivity (Wildman–Crippen MR) is 74.3 cm³/mol. The third kappa shape index (κ3) is 2.38. The van der Waals surface area contributed by atoms with Crippen molar-refractivity contribution < 1.29 is 4.42 Å². The molecular weight excluding hydrogens is 254 g/mol. The number of hydrogen-bond donors (Lipinski definition) is 0. The van der Waals surface area contributed by atoms with Gasteiger partial charge in [-0.05, 0) is 24.1 Å². The number of aromatic nitrogens is 3. The van der Waals surface area contributed by atoms with Gasteiger partial charge in [0, 0.05) is 12.3 Å². The Bertz CT molecular complexity index is 776. The van der Waals surface area contributed by atoms with Crippen LogP contribution in [0.3, 0.4) is 0 Å². The summed E-state index contributed by atoms with van der Waals surface area (Å²) in [5.41, 5.74) is 2.94. The number of rotatable bonds is 3. The minimum Gasteiger partial charge on any atom is -0.423 e. The van der Waals surface area contributed by atoms with Crippen molar-refractivity contribution >= 4 is 0 Å². The molecule has 0 amide bonds. The maximum absolute atomic E-state index is 12.0. The number of hydrogen-bond acceptors (Lipinski definition) is 4. The monoisotopic (exact) mass is 267 g/mol. The van der Waals surface area contributed by atoms with Gasteiger partial charge < -0.3 is 8.98 Å². The van der Waals surface area contributed by atoms with Crippen molar-refractivity contribution in [2.75, 3.05) is 0 Å². The standard InChI is InChI=1S/C15H13N3O2/c1-11-4-2-3-5-12(11)8-18-9-13(6-7-14(18)19)15-17-16-10-20-15/h2-7,9-10H,8H2,1H3. The third-order valence-electron chi connectivity index (χ3n) is 3.19. The molecular formula is C15H13N3O2. The fraction of sp³-hybridized carbons (Fsp3) is 0.133. The molecule has 0 aliphatic heterocycles. The number of nitrogens with zero attached hydrogens (tertiary/aromatic N) is 3. The van der Waals surface area contributed by atoms with Crippen LogP contribution in [-0.2, 0) is 6.54 Å². The smallest absolute Gasteiger partial charge is 0.250 e. The summed E-state index contributed by atoms with van der Waals surface area (Å²) in [5, 5.41) is 7.49. The molecule has 5 nitrogen and oxygen atoms in total. The first kappa shape index (κ1) is 12.3. The summed E-state index contributed by atoms with van der Waals surface area (Å²) in [5.74, 6) is 0.406. The average molecular weight is 267 g/mol. The highest BCUT2D eigenvalue weighted by Gasteiger charge is 2.07. The topological polar surface area (TPSA) is 60.9 Å². The molecule has 3 aromatic rings. The highest BCUT2D eigenvalue weighted by Crippen LogP contribution is 2.15. The van der Waals surface area contributed by atoms with E-state index in [2.05, 4.69) is 10.2 Å². The maximum Gasteiger partial charge on any atom is 0.250 e. The zero-order chi connectivity index (χ0) is 13.9. The Hall–Kier alpha value is -2.69. The molecule has 3 rings (SSSR count). The molecule has 0 aliphatic rings. The largest absolute Gasteiger partial charge is 0.423 e. The van der Waals surface area contributed by atoms with Gasteiger partial charge in [-0.3, -0.25) is 4.79 Å². The molecule has 100 valence electrons. The lowest BCUT2D eigenvalue weighted by Crippen LogP contribution is -2.19.